The first-order chi connectivity index (χ1) is 16.7. The van der Waals surface area contributed by atoms with Crippen LogP contribution in [0.15, 0.2) is 42.9 Å². The number of rotatable bonds is 3. The minimum Gasteiger partial charge on any atom is -0.378 e. The Kier molecular flexibility index (Phi) is 6.12. The van der Waals surface area contributed by atoms with Crippen LogP contribution < -0.4 is 5.32 Å². The molecule has 0 radical (unpaired) electrons. The van der Waals surface area contributed by atoms with Gasteiger partial charge in [-0.3, -0.25) is 9.78 Å². The van der Waals surface area contributed by atoms with Gasteiger partial charge in [-0.15, -0.1) is 0 Å². The number of aromatic nitrogens is 3. The number of aryl methyl sites for hydroxylation is 2. The first-order valence-corrected chi connectivity index (χ1v) is 12.0. The fraction of sp³-hybridized carbons (Fsp3) is 0.370. The van der Waals surface area contributed by atoms with Crippen molar-refractivity contribution in [2.24, 2.45) is 18.9 Å². The maximum atomic E-state index is 13.5. The van der Waals surface area contributed by atoms with Crippen molar-refractivity contribution in [3.8, 4) is 11.8 Å². The largest absolute Gasteiger partial charge is 0.378 e. The highest BCUT2D eigenvalue weighted by atomic mass is 35.5. The first-order valence-electron chi connectivity index (χ1n) is 11.7. The van der Waals surface area contributed by atoms with Crippen LogP contribution in [0.2, 0.25) is 5.02 Å². The van der Waals surface area contributed by atoms with Gasteiger partial charge in [-0.25, -0.2) is 9.37 Å². The molecule has 2 saturated carbocycles. The zero-order chi connectivity index (χ0) is 24.7. The van der Waals surface area contributed by atoms with Crippen LogP contribution >= 0.6 is 11.6 Å². The third-order valence-electron chi connectivity index (χ3n) is 7.14. The van der Waals surface area contributed by atoms with Crippen LogP contribution in [0, 0.1) is 36.4 Å². The Morgan fingerprint density at radius 3 is 2.63 bits per heavy atom. The summed E-state index contributed by atoms with van der Waals surface area (Å²) < 4.78 is 15.2. The Bertz CT molecular complexity index is 1330. The number of nitrogens with one attached hydrogen (secondary N) is 1. The van der Waals surface area contributed by atoms with Crippen molar-refractivity contribution in [1.82, 2.24) is 14.5 Å². The molecule has 0 saturated heterocycles. The molecule has 2 fully saturated rings. The molecule has 2 aliphatic rings. The quantitative estimate of drug-likeness (QED) is 0.512. The van der Waals surface area contributed by atoms with Gasteiger partial charge < -0.3 is 15.0 Å². The van der Waals surface area contributed by atoms with E-state index in [1.165, 1.54) is 18.2 Å². The summed E-state index contributed by atoms with van der Waals surface area (Å²) in [4.78, 5) is 21.9. The fourth-order valence-electron chi connectivity index (χ4n) is 5.51. The lowest BCUT2D eigenvalue weighted by molar-refractivity contribution is 0.0979. The van der Waals surface area contributed by atoms with Crippen molar-refractivity contribution in [2.75, 3.05) is 5.32 Å². The molecule has 2 atom stereocenters. The molecule has 1 aromatic carbocycles. The van der Waals surface area contributed by atoms with E-state index in [0.29, 0.717) is 36.1 Å². The topological polar surface area (TPSA) is 80.0 Å². The third-order valence-corrected chi connectivity index (χ3v) is 7.43. The highest BCUT2D eigenvalue weighted by Crippen LogP contribution is 2.53. The number of nitrogens with zero attached hydrogens (tertiary/aromatic N) is 3. The highest BCUT2D eigenvalue weighted by molar-refractivity contribution is 6.31. The van der Waals surface area contributed by atoms with Gasteiger partial charge in [-0.2, -0.15) is 0 Å². The number of imidazole rings is 1. The highest BCUT2D eigenvalue weighted by Gasteiger charge is 2.49. The van der Waals surface area contributed by atoms with Crippen molar-refractivity contribution in [2.45, 2.75) is 44.1 Å². The number of halogens is 2. The molecule has 180 valence electrons. The fourth-order valence-corrected chi connectivity index (χ4v) is 5.69. The zero-order valence-corrected chi connectivity index (χ0v) is 20.3. The summed E-state index contributed by atoms with van der Waals surface area (Å²) in [6.07, 6.45) is 6.30. The minimum atomic E-state index is -1.00. The summed E-state index contributed by atoms with van der Waals surface area (Å²) in [5.74, 6) is 6.10. The summed E-state index contributed by atoms with van der Waals surface area (Å²) in [5.41, 5.74) is 2.39. The number of benzene rings is 1. The second-order valence-electron chi connectivity index (χ2n) is 9.74. The third kappa shape index (κ3) is 4.82. The smallest absolute Gasteiger partial charge is 0.274 e. The van der Waals surface area contributed by atoms with E-state index in [9.17, 15) is 14.3 Å². The number of amides is 1. The molecule has 0 spiro atoms. The predicted octanol–water partition coefficient (Wildman–Crippen LogP) is 4.85. The summed E-state index contributed by atoms with van der Waals surface area (Å²) >= 11 is 5.85. The van der Waals surface area contributed by atoms with Crippen molar-refractivity contribution in [1.29, 1.82) is 0 Å². The predicted molar refractivity (Wildman–Crippen MR) is 132 cm³/mol. The van der Waals surface area contributed by atoms with E-state index in [4.69, 9.17) is 11.6 Å². The summed E-state index contributed by atoms with van der Waals surface area (Å²) in [5, 5.41) is 13.9. The van der Waals surface area contributed by atoms with E-state index >= 15 is 0 Å². The molecule has 3 aromatic rings. The molecule has 2 N–H and O–H groups in total. The van der Waals surface area contributed by atoms with Crippen molar-refractivity contribution in [3.05, 3.63) is 76.3 Å². The Hall–Kier alpha value is -3.21. The lowest BCUT2D eigenvalue weighted by Gasteiger charge is -2.19. The SMILES string of the molecule is Cc1ccc(C#CC2(O)CC3CC(c4ncn(C)c4C(=O)Nc4ccc(F)c(Cl)c4)CC3C2)cn1. The Labute approximate surface area is 208 Å². The Morgan fingerprint density at radius 2 is 1.97 bits per heavy atom. The molecule has 2 heterocycles. The molecule has 6 nitrogen and oxygen atoms in total. The zero-order valence-electron chi connectivity index (χ0n) is 19.6. The van der Waals surface area contributed by atoms with E-state index in [1.807, 2.05) is 19.1 Å². The van der Waals surface area contributed by atoms with Crippen LogP contribution in [0.5, 0.6) is 0 Å². The van der Waals surface area contributed by atoms with Crippen LogP contribution in [-0.2, 0) is 7.05 Å². The van der Waals surface area contributed by atoms with E-state index in [-0.39, 0.29) is 16.8 Å². The molecule has 0 bridgehead atoms. The van der Waals surface area contributed by atoms with E-state index in [1.54, 1.807) is 24.1 Å². The van der Waals surface area contributed by atoms with Gasteiger partial charge in [0, 0.05) is 36.1 Å². The maximum absolute atomic E-state index is 13.5. The van der Waals surface area contributed by atoms with Crippen LogP contribution in [0.25, 0.3) is 0 Å². The Morgan fingerprint density at radius 1 is 1.23 bits per heavy atom. The van der Waals surface area contributed by atoms with Gasteiger partial charge in [0.05, 0.1) is 17.0 Å². The van der Waals surface area contributed by atoms with Crippen LogP contribution in [-0.4, -0.2) is 31.1 Å². The van der Waals surface area contributed by atoms with Gasteiger partial charge in [-0.1, -0.05) is 23.4 Å². The minimum absolute atomic E-state index is 0.0501. The van der Waals surface area contributed by atoms with Crippen LogP contribution in [0.3, 0.4) is 0 Å². The summed E-state index contributed by atoms with van der Waals surface area (Å²) in [7, 11) is 1.78. The van der Waals surface area contributed by atoms with Gasteiger partial charge >= 0.3 is 0 Å². The lowest BCUT2D eigenvalue weighted by atomic mass is 9.92. The lowest BCUT2D eigenvalue weighted by Crippen LogP contribution is -2.24. The van der Waals surface area contributed by atoms with E-state index in [2.05, 4.69) is 27.1 Å². The van der Waals surface area contributed by atoms with Gasteiger partial charge in [-0.05, 0) is 74.8 Å². The maximum Gasteiger partial charge on any atom is 0.274 e. The molecule has 5 rings (SSSR count). The average Bonchev–Trinajstić information content (AvgIpc) is 3.47. The molecule has 0 aliphatic heterocycles. The normalized spacial score (nSPS) is 25.1. The molecular weight excluding hydrogens is 467 g/mol. The molecule has 35 heavy (non-hydrogen) atoms. The van der Waals surface area contributed by atoms with Crippen molar-refractivity contribution >= 4 is 23.2 Å². The number of hydrogen-bond acceptors (Lipinski definition) is 4. The molecule has 1 amide bonds. The van der Waals surface area contributed by atoms with Crippen LogP contribution in [0.4, 0.5) is 10.1 Å². The molecule has 2 aliphatic carbocycles. The van der Waals surface area contributed by atoms with E-state index in [0.717, 1.165) is 29.8 Å². The first kappa shape index (κ1) is 23.5. The number of aliphatic hydroxyl groups is 1. The van der Waals surface area contributed by atoms with E-state index < -0.39 is 11.4 Å². The second kappa shape index (κ2) is 9.10. The monoisotopic (exact) mass is 492 g/mol. The number of fused-ring (bicyclic) bond motifs is 1. The van der Waals surface area contributed by atoms with Gasteiger partial charge in [0.25, 0.3) is 5.91 Å². The Balaban J connectivity index is 1.28. The summed E-state index contributed by atoms with van der Waals surface area (Å²) in [6, 6.07) is 7.91. The number of pyridine rings is 1. The molecule has 2 unspecified atom stereocenters. The number of carbonyl (C=O) groups is 1. The number of anilines is 1. The average molecular weight is 493 g/mol. The van der Waals surface area contributed by atoms with Crippen LogP contribution in [0.1, 0.15) is 59.0 Å². The number of carbonyl (C=O) groups excluding carboxylic acids is 1. The molecular formula is C27H26ClFN4O2. The van der Waals surface area contributed by atoms with Crippen molar-refractivity contribution < 1.29 is 14.3 Å². The molecule has 8 heteroatoms. The van der Waals surface area contributed by atoms with Gasteiger partial charge in [0.1, 0.15) is 17.1 Å². The number of hydrogen-bond donors (Lipinski definition) is 2. The van der Waals surface area contributed by atoms with Crippen molar-refractivity contribution in [3.63, 3.8) is 0 Å². The molecule has 2 aromatic heterocycles. The standard InChI is InChI=1S/C27H26ClFN4O2/c1-16-3-4-17(14-30-16)7-8-27(35)12-19-9-18(10-20(19)13-27)24-25(33(2)15-31-24)26(34)32-21-5-6-23(29)22(28)11-21/h3-6,11,14-15,18-20,35H,9-10,12-13H2,1-2H3,(H,32,34). The van der Waals surface area contributed by atoms with Gasteiger partial charge in [0.2, 0.25) is 0 Å². The van der Waals surface area contributed by atoms with Gasteiger partial charge in [0.15, 0.2) is 0 Å². The second-order valence-corrected chi connectivity index (χ2v) is 10.1. The summed E-state index contributed by atoms with van der Waals surface area (Å²) in [6.45, 7) is 1.92.